The van der Waals surface area contributed by atoms with Gasteiger partial charge in [-0.25, -0.2) is 4.68 Å². The topological polar surface area (TPSA) is 76.8 Å². The quantitative estimate of drug-likeness (QED) is 0.672. The maximum Gasteiger partial charge on any atom is 0.266 e. The number of anilines is 1. The summed E-state index contributed by atoms with van der Waals surface area (Å²) in [5.74, 6) is 3.48. The highest BCUT2D eigenvalue weighted by Crippen LogP contribution is 2.28. The van der Waals surface area contributed by atoms with Crippen LogP contribution in [0.4, 0.5) is 5.82 Å². The van der Waals surface area contributed by atoms with Gasteiger partial charge in [0, 0.05) is 55.2 Å². The van der Waals surface area contributed by atoms with E-state index >= 15 is 0 Å². The minimum Gasteiger partial charge on any atom is -0.354 e. The molecule has 2 aliphatic heterocycles. The zero-order valence-electron chi connectivity index (χ0n) is 15.4. The van der Waals surface area contributed by atoms with Crippen LogP contribution in [-0.4, -0.2) is 43.8 Å². The van der Waals surface area contributed by atoms with Crippen LogP contribution in [0.25, 0.3) is 11.3 Å². The van der Waals surface area contributed by atoms with Crippen LogP contribution in [0.1, 0.15) is 11.3 Å². The Morgan fingerprint density at radius 3 is 2.82 bits per heavy atom. The fraction of sp³-hybridized carbons (Fsp3) is 0.350. The minimum absolute atomic E-state index is 0.0677. The van der Waals surface area contributed by atoms with Gasteiger partial charge in [0.25, 0.3) is 5.56 Å². The van der Waals surface area contributed by atoms with E-state index < -0.39 is 0 Å². The first kappa shape index (κ1) is 17.4. The highest BCUT2D eigenvalue weighted by Gasteiger charge is 2.29. The molecule has 3 aromatic rings. The molecule has 0 amide bonds. The molecule has 0 N–H and O–H groups in total. The van der Waals surface area contributed by atoms with Crippen LogP contribution in [0.3, 0.4) is 0 Å². The van der Waals surface area contributed by atoms with Crippen LogP contribution in [0, 0.1) is 5.92 Å². The number of rotatable bonds is 4. The van der Waals surface area contributed by atoms with E-state index in [0.29, 0.717) is 12.5 Å². The van der Waals surface area contributed by atoms with Crippen molar-refractivity contribution in [1.29, 1.82) is 0 Å². The summed E-state index contributed by atoms with van der Waals surface area (Å²) >= 11 is 1.95. The Hall–Kier alpha value is -2.74. The fourth-order valence-corrected chi connectivity index (χ4v) is 4.61. The second kappa shape index (κ2) is 7.35. The van der Waals surface area contributed by atoms with E-state index in [1.807, 2.05) is 23.9 Å². The van der Waals surface area contributed by atoms with Crippen LogP contribution < -0.4 is 10.5 Å². The van der Waals surface area contributed by atoms with Crippen molar-refractivity contribution in [1.82, 2.24) is 25.0 Å². The van der Waals surface area contributed by atoms with Gasteiger partial charge < -0.3 is 4.90 Å². The van der Waals surface area contributed by atoms with Crippen molar-refractivity contribution in [3.8, 4) is 11.3 Å². The first-order valence-corrected chi connectivity index (χ1v) is 10.6. The molecule has 0 radical (unpaired) electrons. The summed E-state index contributed by atoms with van der Waals surface area (Å²) in [4.78, 5) is 18.5. The molecule has 0 bridgehead atoms. The lowest BCUT2D eigenvalue weighted by molar-refractivity contribution is 0.333. The molecular formula is C20H20N6OS. The molecule has 5 rings (SSSR count). The Labute approximate surface area is 166 Å². The number of fused-ring (bicyclic) bond motifs is 1. The van der Waals surface area contributed by atoms with Crippen LogP contribution >= 0.6 is 11.8 Å². The predicted octanol–water partition coefficient (Wildman–Crippen LogP) is 2.02. The average molecular weight is 392 g/mol. The van der Waals surface area contributed by atoms with E-state index in [4.69, 9.17) is 0 Å². The third-order valence-electron chi connectivity index (χ3n) is 5.24. The molecule has 142 valence electrons. The summed E-state index contributed by atoms with van der Waals surface area (Å²) < 4.78 is 1.58. The van der Waals surface area contributed by atoms with E-state index in [2.05, 4.69) is 31.2 Å². The van der Waals surface area contributed by atoms with Crippen molar-refractivity contribution in [2.75, 3.05) is 23.7 Å². The van der Waals surface area contributed by atoms with Crippen LogP contribution in [0.5, 0.6) is 0 Å². The zero-order valence-corrected chi connectivity index (χ0v) is 16.2. The number of thioether (sulfide) groups is 1. The third-order valence-corrected chi connectivity index (χ3v) is 6.25. The van der Waals surface area contributed by atoms with Crippen molar-refractivity contribution in [2.24, 2.45) is 5.92 Å². The number of aromatic nitrogens is 5. The van der Waals surface area contributed by atoms with Gasteiger partial charge in [0.05, 0.1) is 17.9 Å². The molecular weight excluding hydrogens is 372 g/mol. The second-order valence-corrected chi connectivity index (χ2v) is 8.33. The largest absolute Gasteiger partial charge is 0.354 e. The highest BCUT2D eigenvalue weighted by atomic mass is 32.2. The lowest BCUT2D eigenvalue weighted by Crippen LogP contribution is -2.50. The van der Waals surface area contributed by atoms with E-state index in [1.165, 1.54) is 5.56 Å². The maximum atomic E-state index is 12.2. The fourth-order valence-electron chi connectivity index (χ4n) is 3.66. The lowest BCUT2D eigenvalue weighted by Gasteiger charge is -2.40. The predicted molar refractivity (Wildman–Crippen MR) is 109 cm³/mol. The molecule has 0 unspecified atom stereocenters. The number of hydrogen-bond acceptors (Lipinski definition) is 7. The van der Waals surface area contributed by atoms with Crippen LogP contribution in [-0.2, 0) is 18.7 Å². The first-order chi connectivity index (χ1) is 13.8. The van der Waals surface area contributed by atoms with Gasteiger partial charge in [0.1, 0.15) is 0 Å². The van der Waals surface area contributed by atoms with E-state index in [1.54, 1.807) is 29.2 Å². The van der Waals surface area contributed by atoms with E-state index in [9.17, 15) is 4.79 Å². The minimum atomic E-state index is -0.0677. The Morgan fingerprint density at radius 1 is 1.11 bits per heavy atom. The summed E-state index contributed by atoms with van der Waals surface area (Å²) in [5.41, 5.74) is 4.13. The third kappa shape index (κ3) is 3.40. The molecule has 1 saturated heterocycles. The van der Waals surface area contributed by atoms with Crippen molar-refractivity contribution in [3.63, 3.8) is 0 Å². The normalized spacial score (nSPS) is 16.5. The van der Waals surface area contributed by atoms with Crippen molar-refractivity contribution >= 4 is 17.6 Å². The molecule has 28 heavy (non-hydrogen) atoms. The van der Waals surface area contributed by atoms with E-state index in [0.717, 1.165) is 53.8 Å². The molecule has 0 aromatic carbocycles. The van der Waals surface area contributed by atoms with Gasteiger partial charge in [0.15, 0.2) is 5.82 Å². The Kier molecular flexibility index (Phi) is 4.56. The maximum absolute atomic E-state index is 12.2. The number of aryl methyl sites for hydroxylation is 1. The first-order valence-electron chi connectivity index (χ1n) is 9.43. The standard InChI is InChI=1S/C20H20N6OS/c27-20-2-1-18(15-3-6-21-7-4-15)24-26(20)12-14-10-25(11-14)19-9-16-13-28-8-5-17(16)22-23-19/h1-4,6-7,9,14H,5,8,10-13H2. The van der Waals surface area contributed by atoms with Crippen LogP contribution in [0.15, 0.2) is 47.5 Å². The Morgan fingerprint density at radius 2 is 1.96 bits per heavy atom. The molecule has 8 heteroatoms. The summed E-state index contributed by atoms with van der Waals surface area (Å²) in [5, 5.41) is 13.4. The highest BCUT2D eigenvalue weighted by molar-refractivity contribution is 7.98. The summed E-state index contributed by atoms with van der Waals surface area (Å²) in [7, 11) is 0. The van der Waals surface area contributed by atoms with Gasteiger partial charge in [-0.3, -0.25) is 9.78 Å². The van der Waals surface area contributed by atoms with Gasteiger partial charge >= 0.3 is 0 Å². The molecule has 0 aliphatic carbocycles. The molecule has 2 aliphatic rings. The molecule has 1 fully saturated rings. The van der Waals surface area contributed by atoms with Gasteiger partial charge in [-0.15, -0.1) is 5.10 Å². The number of hydrogen-bond donors (Lipinski definition) is 0. The van der Waals surface area contributed by atoms with E-state index in [-0.39, 0.29) is 5.56 Å². The smallest absolute Gasteiger partial charge is 0.266 e. The Balaban J connectivity index is 1.27. The zero-order chi connectivity index (χ0) is 18.9. The molecule has 7 nitrogen and oxygen atoms in total. The summed E-state index contributed by atoms with van der Waals surface area (Å²) in [6, 6.07) is 9.33. The van der Waals surface area contributed by atoms with Crippen molar-refractivity contribution in [2.45, 2.75) is 18.7 Å². The molecule has 5 heterocycles. The summed E-state index contributed by atoms with van der Waals surface area (Å²) in [6.07, 6.45) is 4.47. The van der Waals surface area contributed by atoms with Crippen molar-refractivity contribution in [3.05, 3.63) is 64.3 Å². The van der Waals surface area contributed by atoms with Gasteiger partial charge in [-0.2, -0.15) is 22.0 Å². The number of nitrogens with zero attached hydrogens (tertiary/aromatic N) is 6. The van der Waals surface area contributed by atoms with Crippen LogP contribution in [0.2, 0.25) is 0 Å². The Bertz CT molecular complexity index is 1050. The van der Waals surface area contributed by atoms with Gasteiger partial charge in [-0.1, -0.05) is 0 Å². The molecule has 0 spiro atoms. The number of pyridine rings is 1. The average Bonchev–Trinajstić information content (AvgIpc) is 2.72. The molecule has 0 atom stereocenters. The van der Waals surface area contributed by atoms with Gasteiger partial charge in [-0.05, 0) is 35.6 Å². The molecule has 3 aromatic heterocycles. The second-order valence-electron chi connectivity index (χ2n) is 7.22. The lowest BCUT2D eigenvalue weighted by atomic mass is 10.00. The van der Waals surface area contributed by atoms with Crippen molar-refractivity contribution < 1.29 is 0 Å². The monoisotopic (exact) mass is 392 g/mol. The van der Waals surface area contributed by atoms with Gasteiger partial charge in [0.2, 0.25) is 0 Å². The summed E-state index contributed by atoms with van der Waals surface area (Å²) in [6.45, 7) is 2.35. The SMILES string of the molecule is O=c1ccc(-c2ccncc2)nn1CC1CN(c2cc3c(nn2)CCSC3)C1. The molecule has 0 saturated carbocycles.